The molecule has 2 aromatic rings. The number of aromatic nitrogens is 1. The van der Waals surface area contributed by atoms with Crippen molar-refractivity contribution < 1.29 is 33.0 Å². The van der Waals surface area contributed by atoms with Gasteiger partial charge in [-0.15, -0.1) is 0 Å². The Morgan fingerprint density at radius 1 is 1.19 bits per heavy atom. The van der Waals surface area contributed by atoms with E-state index in [-0.39, 0.29) is 12.2 Å². The third-order valence-corrected chi connectivity index (χ3v) is 5.61. The van der Waals surface area contributed by atoms with E-state index in [1.54, 1.807) is 0 Å². The van der Waals surface area contributed by atoms with E-state index in [1.165, 1.54) is 9.47 Å². The lowest BCUT2D eigenvalue weighted by Gasteiger charge is -2.35. The van der Waals surface area contributed by atoms with Crippen LogP contribution in [0.25, 0.3) is 0 Å². The Hall–Kier alpha value is -3.34. The largest absolute Gasteiger partial charge is 0.503 e. The van der Waals surface area contributed by atoms with Crippen LogP contribution in [0.5, 0.6) is 5.75 Å². The zero-order valence-corrected chi connectivity index (χ0v) is 16.1. The molecule has 1 aromatic carbocycles. The average molecular weight is 437 g/mol. The standard InChI is InChI=1S/C20H18F3N3O5/c21-9-4-12(22)10(13(23)5-9)6-24-19(30)11-7-26-14-8-25(3-1-2-15(14)27)20(31)16(26)18(29)17(11)28/h4-5,7,14-15,27,29H,1-3,6,8H2,(H,24,30). The number of aliphatic hydroxyl groups is 1. The number of halogens is 3. The van der Waals surface area contributed by atoms with Crippen LogP contribution in [0.1, 0.15) is 45.3 Å². The van der Waals surface area contributed by atoms with Crippen molar-refractivity contribution >= 4 is 11.8 Å². The van der Waals surface area contributed by atoms with E-state index in [0.29, 0.717) is 31.5 Å². The number of aromatic hydroxyl groups is 1. The molecule has 2 amide bonds. The highest BCUT2D eigenvalue weighted by atomic mass is 19.1. The molecule has 2 unspecified atom stereocenters. The Morgan fingerprint density at radius 3 is 2.55 bits per heavy atom. The molecule has 0 radical (unpaired) electrons. The van der Waals surface area contributed by atoms with Crippen LogP contribution in [0.4, 0.5) is 13.2 Å². The van der Waals surface area contributed by atoms with Gasteiger partial charge in [-0.3, -0.25) is 14.4 Å². The molecule has 2 aliphatic rings. The lowest BCUT2D eigenvalue weighted by atomic mass is 10.0. The molecule has 1 fully saturated rings. The quantitative estimate of drug-likeness (QED) is 0.665. The highest BCUT2D eigenvalue weighted by Crippen LogP contribution is 2.32. The maximum atomic E-state index is 13.8. The van der Waals surface area contributed by atoms with Crippen molar-refractivity contribution in [1.29, 1.82) is 0 Å². The van der Waals surface area contributed by atoms with E-state index in [4.69, 9.17) is 0 Å². The Kier molecular flexibility index (Phi) is 5.21. The van der Waals surface area contributed by atoms with E-state index >= 15 is 0 Å². The second-order valence-electron chi connectivity index (χ2n) is 7.54. The maximum Gasteiger partial charge on any atom is 0.274 e. The molecule has 0 spiro atoms. The van der Waals surface area contributed by atoms with Gasteiger partial charge in [0.1, 0.15) is 23.0 Å². The van der Waals surface area contributed by atoms with Gasteiger partial charge in [0.2, 0.25) is 5.43 Å². The molecule has 1 saturated heterocycles. The number of nitrogens with zero attached hydrogens (tertiary/aromatic N) is 2. The van der Waals surface area contributed by atoms with Crippen LogP contribution in [-0.4, -0.2) is 50.7 Å². The minimum atomic E-state index is -1.21. The smallest absolute Gasteiger partial charge is 0.274 e. The summed E-state index contributed by atoms with van der Waals surface area (Å²) in [4.78, 5) is 39.2. The highest BCUT2D eigenvalue weighted by Gasteiger charge is 2.39. The summed E-state index contributed by atoms with van der Waals surface area (Å²) < 4.78 is 41.8. The first-order chi connectivity index (χ1) is 14.7. The van der Waals surface area contributed by atoms with E-state index in [2.05, 4.69) is 5.32 Å². The van der Waals surface area contributed by atoms with Crippen molar-refractivity contribution in [3.05, 3.63) is 62.8 Å². The highest BCUT2D eigenvalue weighted by molar-refractivity contribution is 5.99. The van der Waals surface area contributed by atoms with Crippen LogP contribution in [-0.2, 0) is 6.54 Å². The molecule has 2 atom stereocenters. The van der Waals surface area contributed by atoms with E-state index in [9.17, 15) is 37.8 Å². The summed E-state index contributed by atoms with van der Waals surface area (Å²) >= 11 is 0. The summed E-state index contributed by atoms with van der Waals surface area (Å²) in [6.45, 7) is -0.184. The number of pyridine rings is 1. The summed E-state index contributed by atoms with van der Waals surface area (Å²) in [7, 11) is 0. The number of fused-ring (bicyclic) bond motifs is 4. The summed E-state index contributed by atoms with van der Waals surface area (Å²) in [6.07, 6.45) is 1.09. The maximum absolute atomic E-state index is 13.8. The van der Waals surface area contributed by atoms with Crippen molar-refractivity contribution in [2.24, 2.45) is 0 Å². The normalized spacial score (nSPS) is 20.3. The van der Waals surface area contributed by atoms with Crippen molar-refractivity contribution in [3.63, 3.8) is 0 Å². The minimum absolute atomic E-state index is 0.141. The van der Waals surface area contributed by atoms with Crippen molar-refractivity contribution in [3.8, 4) is 5.75 Å². The Labute approximate surface area is 173 Å². The summed E-state index contributed by atoms with van der Waals surface area (Å²) in [6, 6.07) is 0.226. The lowest BCUT2D eigenvalue weighted by Crippen LogP contribution is -2.46. The second kappa shape index (κ2) is 7.73. The number of amides is 2. The molecule has 8 nitrogen and oxygen atoms in total. The van der Waals surface area contributed by atoms with Crippen molar-refractivity contribution in [2.75, 3.05) is 13.1 Å². The van der Waals surface area contributed by atoms with Gasteiger partial charge in [-0.2, -0.15) is 0 Å². The topological polar surface area (TPSA) is 112 Å². The molecular weight excluding hydrogens is 419 g/mol. The molecule has 31 heavy (non-hydrogen) atoms. The van der Waals surface area contributed by atoms with Crippen LogP contribution in [0.3, 0.4) is 0 Å². The number of nitrogens with one attached hydrogen (secondary N) is 1. The van der Waals surface area contributed by atoms with E-state index in [0.717, 1.165) is 6.20 Å². The Bertz CT molecular complexity index is 1130. The number of carbonyl (C=O) groups is 2. The molecule has 2 aliphatic heterocycles. The molecule has 0 saturated carbocycles. The number of benzene rings is 1. The van der Waals surface area contributed by atoms with Crippen LogP contribution in [0.2, 0.25) is 0 Å². The fourth-order valence-corrected chi connectivity index (χ4v) is 3.99. The Balaban J connectivity index is 1.69. The number of aliphatic hydroxyl groups excluding tert-OH is 1. The van der Waals surface area contributed by atoms with E-state index in [1.807, 2.05) is 0 Å². The van der Waals surface area contributed by atoms with Gasteiger partial charge < -0.3 is 25.0 Å². The van der Waals surface area contributed by atoms with Crippen molar-refractivity contribution in [1.82, 2.24) is 14.8 Å². The van der Waals surface area contributed by atoms with Crippen LogP contribution in [0, 0.1) is 17.5 Å². The fourth-order valence-electron chi connectivity index (χ4n) is 3.99. The second-order valence-corrected chi connectivity index (χ2v) is 7.54. The predicted molar refractivity (Wildman–Crippen MR) is 100 cm³/mol. The first kappa shape index (κ1) is 20.9. The monoisotopic (exact) mass is 437 g/mol. The first-order valence-electron chi connectivity index (χ1n) is 9.56. The zero-order chi connectivity index (χ0) is 22.4. The third-order valence-electron chi connectivity index (χ3n) is 5.61. The average Bonchev–Trinajstić information content (AvgIpc) is 2.87. The van der Waals surface area contributed by atoms with Crippen LogP contribution >= 0.6 is 0 Å². The summed E-state index contributed by atoms with van der Waals surface area (Å²) in [5.74, 6) is -6.14. The minimum Gasteiger partial charge on any atom is -0.503 e. The third kappa shape index (κ3) is 3.54. The van der Waals surface area contributed by atoms with Gasteiger partial charge in [-0.25, -0.2) is 13.2 Å². The molecule has 1 aromatic heterocycles. The molecular formula is C20H18F3N3O5. The van der Waals surface area contributed by atoms with E-state index < -0.39 is 70.3 Å². The molecule has 3 heterocycles. The Morgan fingerprint density at radius 2 is 1.87 bits per heavy atom. The number of hydrogen-bond donors (Lipinski definition) is 3. The lowest BCUT2D eigenvalue weighted by molar-refractivity contribution is 0.0558. The number of hydrogen-bond acceptors (Lipinski definition) is 5. The molecule has 11 heteroatoms. The first-order valence-corrected chi connectivity index (χ1v) is 9.56. The SMILES string of the molecule is O=C(NCc1c(F)cc(F)cc1F)c1cn2c(c(O)c1=O)C(=O)N1CCCC(O)C2C1. The van der Waals surface area contributed by atoms with Crippen molar-refractivity contribution in [2.45, 2.75) is 31.5 Å². The van der Waals surface area contributed by atoms with Crippen LogP contribution < -0.4 is 10.7 Å². The molecule has 4 rings (SSSR count). The predicted octanol–water partition coefficient (Wildman–Crippen LogP) is 1.05. The van der Waals surface area contributed by atoms with Gasteiger partial charge in [0.05, 0.1) is 12.1 Å². The van der Waals surface area contributed by atoms with Gasteiger partial charge in [-0.05, 0) is 12.8 Å². The van der Waals surface area contributed by atoms with Gasteiger partial charge in [0, 0.05) is 43.5 Å². The van der Waals surface area contributed by atoms with Gasteiger partial charge in [-0.1, -0.05) is 0 Å². The zero-order valence-electron chi connectivity index (χ0n) is 16.1. The summed E-state index contributed by atoms with van der Waals surface area (Å²) in [5.41, 5.74) is -2.63. The number of carbonyl (C=O) groups excluding carboxylic acids is 2. The molecule has 2 bridgehead atoms. The van der Waals surface area contributed by atoms with Gasteiger partial charge in [0.15, 0.2) is 11.4 Å². The van der Waals surface area contributed by atoms with Gasteiger partial charge in [0.25, 0.3) is 11.8 Å². The summed E-state index contributed by atoms with van der Waals surface area (Å²) in [5, 5.41) is 23.0. The number of rotatable bonds is 3. The molecule has 3 N–H and O–H groups in total. The molecule has 164 valence electrons. The van der Waals surface area contributed by atoms with Crippen LogP contribution in [0.15, 0.2) is 23.1 Å². The fraction of sp³-hybridized carbons (Fsp3) is 0.350. The van der Waals surface area contributed by atoms with Gasteiger partial charge >= 0.3 is 0 Å². The molecule has 0 aliphatic carbocycles.